The Morgan fingerprint density at radius 1 is 0.931 bits per heavy atom. The summed E-state index contributed by atoms with van der Waals surface area (Å²) >= 11 is 0. The van der Waals surface area contributed by atoms with Gasteiger partial charge in [-0.2, -0.15) is 0 Å². The van der Waals surface area contributed by atoms with Crippen molar-refractivity contribution in [3.8, 4) is 11.5 Å². The molecule has 0 spiro atoms. The number of hydrogen-bond donors (Lipinski definition) is 1. The van der Waals surface area contributed by atoms with Crippen LogP contribution < -0.4 is 14.8 Å². The number of para-hydroxylation sites is 2. The molecule has 6 atom stereocenters. The third-order valence-corrected chi connectivity index (χ3v) is 8.79. The summed E-state index contributed by atoms with van der Waals surface area (Å²) in [4.78, 5) is 2.81. The zero-order chi connectivity index (χ0) is 19.2. The highest BCUT2D eigenvalue weighted by Crippen LogP contribution is 2.61. The lowest BCUT2D eigenvalue weighted by atomic mass is 9.75. The molecule has 2 heterocycles. The van der Waals surface area contributed by atoms with Crippen LogP contribution in [0, 0.1) is 35.5 Å². The Hall–Kier alpha value is -1.26. The second kappa shape index (κ2) is 7.77. The molecule has 2 aliphatic heterocycles. The van der Waals surface area contributed by atoms with E-state index in [2.05, 4.69) is 10.2 Å². The minimum absolute atomic E-state index is 0.123. The van der Waals surface area contributed by atoms with E-state index in [1.807, 2.05) is 24.3 Å². The summed E-state index contributed by atoms with van der Waals surface area (Å²) < 4.78 is 11.9. The molecule has 0 radical (unpaired) electrons. The van der Waals surface area contributed by atoms with Crippen LogP contribution in [0.15, 0.2) is 24.3 Å². The van der Waals surface area contributed by atoms with Crippen molar-refractivity contribution in [1.82, 2.24) is 10.2 Å². The van der Waals surface area contributed by atoms with Gasteiger partial charge in [0.1, 0.15) is 12.7 Å². The first-order chi connectivity index (χ1) is 14.3. The van der Waals surface area contributed by atoms with Crippen LogP contribution >= 0.6 is 0 Å². The molecule has 4 aliphatic carbocycles. The van der Waals surface area contributed by atoms with Crippen molar-refractivity contribution in [1.29, 1.82) is 0 Å². The summed E-state index contributed by atoms with van der Waals surface area (Å²) in [6.07, 6.45) is 9.12. The molecule has 158 valence electrons. The third-order valence-electron chi connectivity index (χ3n) is 8.79. The van der Waals surface area contributed by atoms with Crippen LogP contribution in [0.4, 0.5) is 0 Å². The summed E-state index contributed by atoms with van der Waals surface area (Å²) in [5, 5.41) is 3.66. The van der Waals surface area contributed by atoms with Crippen molar-refractivity contribution in [3.05, 3.63) is 24.3 Å². The van der Waals surface area contributed by atoms with Gasteiger partial charge in [0, 0.05) is 13.1 Å². The normalized spacial score (nSPS) is 38.6. The van der Waals surface area contributed by atoms with Crippen molar-refractivity contribution >= 4 is 0 Å². The maximum atomic E-state index is 6.07. The molecule has 6 aliphatic rings. The molecule has 7 rings (SSSR count). The molecular formula is C25H36N2O2. The molecule has 1 aromatic rings. The highest BCUT2D eigenvalue weighted by molar-refractivity contribution is 5.40. The van der Waals surface area contributed by atoms with E-state index in [4.69, 9.17) is 9.47 Å². The first-order valence-corrected chi connectivity index (χ1v) is 12.1. The van der Waals surface area contributed by atoms with Crippen LogP contribution in [0.1, 0.15) is 38.5 Å². The number of piperidine rings is 1. The van der Waals surface area contributed by atoms with Gasteiger partial charge < -0.3 is 19.7 Å². The minimum atomic E-state index is 0.123. The number of rotatable bonds is 6. The van der Waals surface area contributed by atoms with E-state index in [-0.39, 0.29) is 6.10 Å². The maximum absolute atomic E-state index is 6.07. The maximum Gasteiger partial charge on any atom is 0.161 e. The largest absolute Gasteiger partial charge is 0.486 e. The third kappa shape index (κ3) is 3.67. The van der Waals surface area contributed by atoms with Gasteiger partial charge >= 0.3 is 0 Å². The lowest BCUT2D eigenvalue weighted by Crippen LogP contribution is -2.44. The van der Waals surface area contributed by atoms with Gasteiger partial charge in [0.25, 0.3) is 0 Å². The second-order valence-electron chi connectivity index (χ2n) is 10.6. The fourth-order valence-corrected chi connectivity index (χ4v) is 7.44. The lowest BCUT2D eigenvalue weighted by molar-refractivity contribution is 0.0854. The molecule has 4 saturated carbocycles. The molecular weight excluding hydrogens is 360 g/mol. The molecule has 1 N–H and O–H groups in total. The molecule has 1 saturated heterocycles. The molecule has 29 heavy (non-hydrogen) atoms. The fourth-order valence-electron chi connectivity index (χ4n) is 7.44. The van der Waals surface area contributed by atoms with Crippen LogP contribution in [-0.4, -0.2) is 50.3 Å². The zero-order valence-corrected chi connectivity index (χ0v) is 17.6. The fraction of sp³-hybridized carbons (Fsp3) is 0.760. The number of ether oxygens (including phenoxy) is 2. The predicted molar refractivity (Wildman–Crippen MR) is 114 cm³/mol. The van der Waals surface area contributed by atoms with Gasteiger partial charge in [-0.05, 0) is 106 Å². The van der Waals surface area contributed by atoms with Gasteiger partial charge in [0.2, 0.25) is 0 Å². The van der Waals surface area contributed by atoms with Gasteiger partial charge in [-0.3, -0.25) is 0 Å². The first kappa shape index (κ1) is 18.5. The molecule has 4 nitrogen and oxygen atoms in total. The Bertz CT molecular complexity index is 713. The number of fused-ring (bicyclic) bond motifs is 1. The van der Waals surface area contributed by atoms with E-state index in [1.165, 1.54) is 32.5 Å². The van der Waals surface area contributed by atoms with Gasteiger partial charge in [0.05, 0.1) is 0 Å². The van der Waals surface area contributed by atoms with E-state index in [0.29, 0.717) is 6.61 Å². The van der Waals surface area contributed by atoms with Gasteiger partial charge in [-0.25, -0.2) is 0 Å². The summed E-state index contributed by atoms with van der Waals surface area (Å²) in [7, 11) is 0. The van der Waals surface area contributed by atoms with E-state index < -0.39 is 0 Å². The topological polar surface area (TPSA) is 33.7 Å². The van der Waals surface area contributed by atoms with E-state index in [9.17, 15) is 0 Å². The van der Waals surface area contributed by atoms with Gasteiger partial charge in [-0.1, -0.05) is 12.1 Å². The summed E-state index contributed by atoms with van der Waals surface area (Å²) in [5.74, 6) is 8.03. The average Bonchev–Trinajstić information content (AvgIpc) is 3.17. The zero-order valence-electron chi connectivity index (χ0n) is 17.6. The predicted octanol–water partition coefficient (Wildman–Crippen LogP) is 3.81. The van der Waals surface area contributed by atoms with Crippen molar-refractivity contribution in [2.75, 3.05) is 39.3 Å². The summed E-state index contributed by atoms with van der Waals surface area (Å²) in [6.45, 7) is 6.68. The number of likely N-dealkylation sites (tertiary alicyclic amines) is 1. The monoisotopic (exact) mass is 396 g/mol. The van der Waals surface area contributed by atoms with Crippen LogP contribution in [0.2, 0.25) is 0 Å². The molecule has 5 fully saturated rings. The van der Waals surface area contributed by atoms with Crippen LogP contribution in [-0.2, 0) is 0 Å². The van der Waals surface area contributed by atoms with Gasteiger partial charge in [-0.15, -0.1) is 0 Å². The van der Waals surface area contributed by atoms with E-state index in [0.717, 1.165) is 60.1 Å². The van der Waals surface area contributed by atoms with Crippen LogP contribution in [0.5, 0.6) is 11.5 Å². The van der Waals surface area contributed by atoms with E-state index in [1.54, 1.807) is 25.7 Å². The quantitative estimate of drug-likeness (QED) is 0.793. The number of nitrogens with one attached hydrogen (secondary N) is 1. The molecule has 0 amide bonds. The number of nitrogens with zero attached hydrogens (tertiary/aromatic N) is 1. The van der Waals surface area contributed by atoms with Gasteiger partial charge in [0.15, 0.2) is 11.5 Å². The first-order valence-electron chi connectivity index (χ1n) is 12.1. The Kier molecular flexibility index (Phi) is 4.96. The minimum Gasteiger partial charge on any atom is -0.486 e. The Labute approximate surface area is 175 Å². The molecule has 6 unspecified atom stereocenters. The Morgan fingerprint density at radius 3 is 2.62 bits per heavy atom. The van der Waals surface area contributed by atoms with Crippen molar-refractivity contribution in [2.24, 2.45) is 35.5 Å². The summed E-state index contributed by atoms with van der Waals surface area (Å²) in [6, 6.07) is 7.98. The smallest absolute Gasteiger partial charge is 0.161 e. The van der Waals surface area contributed by atoms with Crippen molar-refractivity contribution in [2.45, 2.75) is 44.6 Å². The van der Waals surface area contributed by atoms with Crippen molar-refractivity contribution in [3.63, 3.8) is 0 Å². The standard InChI is InChI=1S/C25H36N2O2/c1-2-4-25-24(3-1)28-16-21(29-25)14-26-13-17-5-7-27(8-6-17)15-23-20-10-18-9-19(12-20)22(23)11-18/h1-4,17-23,26H,5-16H2. The number of hydrogen-bond acceptors (Lipinski definition) is 4. The summed E-state index contributed by atoms with van der Waals surface area (Å²) in [5.41, 5.74) is 0. The Balaban J connectivity index is 0.915. The van der Waals surface area contributed by atoms with Crippen LogP contribution in [0.25, 0.3) is 0 Å². The molecule has 4 heteroatoms. The highest BCUT2D eigenvalue weighted by Gasteiger charge is 2.53. The molecule has 1 aromatic carbocycles. The molecule has 4 bridgehead atoms. The molecule has 0 aromatic heterocycles. The van der Waals surface area contributed by atoms with E-state index >= 15 is 0 Å². The Morgan fingerprint density at radius 2 is 1.76 bits per heavy atom. The lowest BCUT2D eigenvalue weighted by Gasteiger charge is -2.39. The second-order valence-corrected chi connectivity index (χ2v) is 10.6. The SMILES string of the molecule is c1ccc2c(c1)OCC(CNCC1CCN(CC3C4CC5CC(C4)C3C5)CC1)O2. The average molecular weight is 397 g/mol. The van der Waals surface area contributed by atoms with Crippen LogP contribution in [0.3, 0.4) is 0 Å². The van der Waals surface area contributed by atoms with Crippen molar-refractivity contribution < 1.29 is 9.47 Å². The highest BCUT2D eigenvalue weighted by atomic mass is 16.6. The number of benzene rings is 1.